The van der Waals surface area contributed by atoms with Crippen molar-refractivity contribution < 1.29 is 4.79 Å². The molecule has 0 saturated carbocycles. The zero-order chi connectivity index (χ0) is 20.9. The van der Waals surface area contributed by atoms with E-state index in [-0.39, 0.29) is 5.91 Å². The molecule has 1 amide bonds. The second-order valence-corrected chi connectivity index (χ2v) is 7.59. The standard InChI is InChI=1S/C23H26N6O/c1-17-6-8-18(9-7-17)21-25-16-20(22(27-21)29-13-11-28(2)12-14-29)23(30)26-15-19-5-3-4-10-24-19/h3-10,16H,11-15H2,1-2H3,(H,26,30). The fourth-order valence-electron chi connectivity index (χ4n) is 3.40. The highest BCUT2D eigenvalue weighted by Gasteiger charge is 2.23. The van der Waals surface area contributed by atoms with Crippen LogP contribution in [0.5, 0.6) is 0 Å². The van der Waals surface area contributed by atoms with Crippen LogP contribution >= 0.6 is 0 Å². The first-order chi connectivity index (χ1) is 14.6. The molecule has 4 rings (SSSR count). The third-order valence-corrected chi connectivity index (χ3v) is 5.28. The van der Waals surface area contributed by atoms with E-state index in [2.05, 4.69) is 39.1 Å². The van der Waals surface area contributed by atoms with Crippen molar-refractivity contribution >= 4 is 11.7 Å². The van der Waals surface area contributed by atoms with Crippen LogP contribution in [0.1, 0.15) is 21.6 Å². The lowest BCUT2D eigenvalue weighted by Gasteiger charge is -2.34. The van der Waals surface area contributed by atoms with Crippen LogP contribution in [0, 0.1) is 6.92 Å². The minimum atomic E-state index is -0.190. The minimum absolute atomic E-state index is 0.190. The van der Waals surface area contributed by atoms with Crippen LogP contribution in [-0.2, 0) is 6.54 Å². The predicted octanol–water partition coefficient (Wildman–Crippen LogP) is 2.53. The van der Waals surface area contributed by atoms with Gasteiger partial charge in [-0.1, -0.05) is 35.9 Å². The molecule has 0 bridgehead atoms. The normalized spacial score (nSPS) is 14.5. The van der Waals surface area contributed by atoms with E-state index in [1.165, 1.54) is 5.56 Å². The molecular formula is C23H26N6O. The molecule has 3 heterocycles. The van der Waals surface area contributed by atoms with Crippen LogP contribution in [0.25, 0.3) is 11.4 Å². The van der Waals surface area contributed by atoms with Crippen molar-refractivity contribution in [2.45, 2.75) is 13.5 Å². The molecule has 0 atom stereocenters. The van der Waals surface area contributed by atoms with E-state index >= 15 is 0 Å². The van der Waals surface area contributed by atoms with Gasteiger partial charge < -0.3 is 15.1 Å². The molecule has 0 aliphatic carbocycles. The number of benzene rings is 1. The SMILES string of the molecule is Cc1ccc(-c2ncc(C(=O)NCc3ccccn3)c(N3CCN(C)CC3)n2)cc1. The number of nitrogens with one attached hydrogen (secondary N) is 1. The Morgan fingerprint density at radius 2 is 1.80 bits per heavy atom. The largest absolute Gasteiger partial charge is 0.353 e. The highest BCUT2D eigenvalue weighted by molar-refractivity contribution is 5.98. The lowest BCUT2D eigenvalue weighted by Crippen LogP contribution is -2.45. The number of hydrogen-bond donors (Lipinski definition) is 1. The Morgan fingerprint density at radius 3 is 2.50 bits per heavy atom. The Balaban J connectivity index is 1.62. The summed E-state index contributed by atoms with van der Waals surface area (Å²) in [7, 11) is 2.11. The van der Waals surface area contributed by atoms with Gasteiger partial charge in [0.15, 0.2) is 5.82 Å². The van der Waals surface area contributed by atoms with E-state index in [1.807, 2.05) is 42.5 Å². The molecular weight excluding hydrogens is 376 g/mol. The Bertz CT molecular complexity index is 998. The van der Waals surface area contributed by atoms with Gasteiger partial charge in [0, 0.05) is 44.1 Å². The van der Waals surface area contributed by atoms with Gasteiger partial charge in [-0.2, -0.15) is 0 Å². The Kier molecular flexibility index (Phi) is 5.99. The second-order valence-electron chi connectivity index (χ2n) is 7.59. The number of anilines is 1. The lowest BCUT2D eigenvalue weighted by atomic mass is 10.1. The molecule has 154 valence electrons. The van der Waals surface area contributed by atoms with Crippen molar-refractivity contribution in [3.05, 3.63) is 71.7 Å². The molecule has 0 radical (unpaired) electrons. The summed E-state index contributed by atoms with van der Waals surface area (Å²) in [6.07, 6.45) is 3.36. The van der Waals surface area contributed by atoms with Crippen molar-refractivity contribution in [1.29, 1.82) is 0 Å². The van der Waals surface area contributed by atoms with Crippen LogP contribution in [-0.4, -0.2) is 59.0 Å². The molecule has 1 aromatic carbocycles. The summed E-state index contributed by atoms with van der Waals surface area (Å²) in [5.41, 5.74) is 3.43. The van der Waals surface area contributed by atoms with Gasteiger partial charge in [0.05, 0.1) is 12.2 Å². The van der Waals surface area contributed by atoms with Gasteiger partial charge >= 0.3 is 0 Å². The molecule has 0 unspecified atom stereocenters. The number of hydrogen-bond acceptors (Lipinski definition) is 6. The van der Waals surface area contributed by atoms with Crippen LogP contribution in [0.15, 0.2) is 54.9 Å². The zero-order valence-electron chi connectivity index (χ0n) is 17.4. The third kappa shape index (κ3) is 4.63. The number of amides is 1. The van der Waals surface area contributed by atoms with Crippen molar-refractivity contribution in [2.24, 2.45) is 0 Å². The predicted molar refractivity (Wildman–Crippen MR) is 117 cm³/mol. The van der Waals surface area contributed by atoms with Crippen molar-refractivity contribution in [3.63, 3.8) is 0 Å². The molecule has 3 aromatic rings. The molecule has 1 fully saturated rings. The second kappa shape index (κ2) is 9.00. The van der Waals surface area contributed by atoms with E-state index in [0.29, 0.717) is 23.8 Å². The number of pyridine rings is 1. The van der Waals surface area contributed by atoms with Gasteiger partial charge in [0.1, 0.15) is 11.4 Å². The quantitative estimate of drug-likeness (QED) is 0.707. The topological polar surface area (TPSA) is 74.2 Å². The van der Waals surface area contributed by atoms with Gasteiger partial charge in [-0.05, 0) is 26.1 Å². The van der Waals surface area contributed by atoms with E-state index in [0.717, 1.165) is 37.4 Å². The van der Waals surface area contributed by atoms with Crippen molar-refractivity contribution in [2.75, 3.05) is 38.1 Å². The molecule has 1 aliphatic heterocycles. The number of aromatic nitrogens is 3. The van der Waals surface area contributed by atoms with Crippen LogP contribution in [0.4, 0.5) is 5.82 Å². The monoisotopic (exact) mass is 402 g/mol. The first-order valence-electron chi connectivity index (χ1n) is 10.2. The molecule has 7 heteroatoms. The van der Waals surface area contributed by atoms with Gasteiger partial charge in [0.2, 0.25) is 0 Å². The van der Waals surface area contributed by atoms with Crippen molar-refractivity contribution in [1.82, 2.24) is 25.2 Å². The van der Waals surface area contributed by atoms with E-state index in [4.69, 9.17) is 4.98 Å². The molecule has 1 saturated heterocycles. The van der Waals surface area contributed by atoms with Crippen molar-refractivity contribution in [3.8, 4) is 11.4 Å². The first-order valence-corrected chi connectivity index (χ1v) is 10.2. The molecule has 1 N–H and O–H groups in total. The first kappa shape index (κ1) is 20.0. The summed E-state index contributed by atoms with van der Waals surface area (Å²) in [6, 6.07) is 13.8. The van der Waals surface area contributed by atoms with Gasteiger partial charge in [0.25, 0.3) is 5.91 Å². The number of rotatable bonds is 5. The number of carbonyl (C=O) groups is 1. The van der Waals surface area contributed by atoms with E-state index in [1.54, 1.807) is 12.4 Å². The van der Waals surface area contributed by atoms with Crippen LogP contribution in [0.3, 0.4) is 0 Å². The Labute approximate surface area is 176 Å². The maximum absolute atomic E-state index is 13.0. The summed E-state index contributed by atoms with van der Waals surface area (Å²) >= 11 is 0. The molecule has 2 aromatic heterocycles. The summed E-state index contributed by atoms with van der Waals surface area (Å²) in [5, 5.41) is 2.95. The molecule has 7 nitrogen and oxygen atoms in total. The lowest BCUT2D eigenvalue weighted by molar-refractivity contribution is 0.0950. The zero-order valence-corrected chi connectivity index (χ0v) is 17.4. The average molecular weight is 403 g/mol. The Morgan fingerprint density at radius 1 is 1.03 bits per heavy atom. The van der Waals surface area contributed by atoms with Crippen LogP contribution < -0.4 is 10.2 Å². The number of aryl methyl sites for hydroxylation is 1. The summed E-state index contributed by atoms with van der Waals surface area (Å²) in [4.78, 5) is 31.0. The number of likely N-dealkylation sites (N-methyl/N-ethyl adjacent to an activating group) is 1. The summed E-state index contributed by atoms with van der Waals surface area (Å²) in [6.45, 7) is 5.91. The maximum Gasteiger partial charge on any atom is 0.256 e. The van der Waals surface area contributed by atoms with Gasteiger partial charge in [-0.3, -0.25) is 9.78 Å². The molecule has 0 spiro atoms. The fourth-order valence-corrected chi connectivity index (χ4v) is 3.40. The van der Waals surface area contributed by atoms with Gasteiger partial charge in [-0.25, -0.2) is 9.97 Å². The smallest absolute Gasteiger partial charge is 0.256 e. The fraction of sp³-hybridized carbons (Fsp3) is 0.304. The Hall–Kier alpha value is -3.32. The minimum Gasteiger partial charge on any atom is -0.353 e. The van der Waals surface area contributed by atoms with Crippen LogP contribution in [0.2, 0.25) is 0 Å². The number of piperazine rings is 1. The molecule has 1 aliphatic rings. The maximum atomic E-state index is 13.0. The highest BCUT2D eigenvalue weighted by atomic mass is 16.1. The molecule has 30 heavy (non-hydrogen) atoms. The van der Waals surface area contributed by atoms with Gasteiger partial charge in [-0.15, -0.1) is 0 Å². The number of carbonyl (C=O) groups excluding carboxylic acids is 1. The summed E-state index contributed by atoms with van der Waals surface area (Å²) in [5.74, 6) is 1.13. The average Bonchev–Trinajstić information content (AvgIpc) is 2.79. The summed E-state index contributed by atoms with van der Waals surface area (Å²) < 4.78 is 0. The highest BCUT2D eigenvalue weighted by Crippen LogP contribution is 2.24. The van der Waals surface area contributed by atoms with E-state index < -0.39 is 0 Å². The third-order valence-electron chi connectivity index (χ3n) is 5.28. The van der Waals surface area contributed by atoms with E-state index in [9.17, 15) is 4.79 Å². The number of nitrogens with zero attached hydrogens (tertiary/aromatic N) is 5.